The lowest BCUT2D eigenvalue weighted by Gasteiger charge is -2.22. The van der Waals surface area contributed by atoms with Gasteiger partial charge in [0.05, 0.1) is 38.1 Å². The lowest BCUT2D eigenvalue weighted by atomic mass is 9.99. The first-order valence-electron chi connectivity index (χ1n) is 12.0. The molecule has 7 nitrogen and oxygen atoms in total. The SMILES string of the molecule is COc1cc(-c2ccoc2)ccc1-c1nc(OCC2CCNCC2)cnc1-c1ccc(CN)cc1. The van der Waals surface area contributed by atoms with Gasteiger partial charge in [-0.15, -0.1) is 0 Å². The van der Waals surface area contributed by atoms with Crippen molar-refractivity contribution in [3.8, 4) is 45.3 Å². The Morgan fingerprint density at radius 3 is 2.51 bits per heavy atom. The molecule has 35 heavy (non-hydrogen) atoms. The summed E-state index contributed by atoms with van der Waals surface area (Å²) >= 11 is 0. The zero-order chi connectivity index (χ0) is 24.0. The van der Waals surface area contributed by atoms with Crippen LogP contribution in [0, 0.1) is 5.92 Å². The maximum atomic E-state index is 6.12. The van der Waals surface area contributed by atoms with Crippen molar-refractivity contribution in [2.75, 3.05) is 26.8 Å². The second-order valence-corrected chi connectivity index (χ2v) is 8.74. The van der Waals surface area contributed by atoms with E-state index >= 15 is 0 Å². The number of nitrogens with one attached hydrogen (secondary N) is 1. The van der Waals surface area contributed by atoms with E-state index in [1.165, 1.54) is 0 Å². The number of benzene rings is 2. The van der Waals surface area contributed by atoms with Gasteiger partial charge < -0.3 is 24.9 Å². The number of furan rings is 1. The molecule has 7 heteroatoms. The van der Waals surface area contributed by atoms with E-state index in [-0.39, 0.29) is 0 Å². The zero-order valence-electron chi connectivity index (χ0n) is 19.9. The number of methoxy groups -OCH3 is 1. The number of ether oxygens (including phenoxy) is 2. The molecule has 1 saturated heterocycles. The molecular formula is C28H30N4O3. The molecule has 180 valence electrons. The molecule has 0 atom stereocenters. The Bertz CT molecular complexity index is 1250. The third-order valence-electron chi connectivity index (χ3n) is 6.45. The maximum Gasteiger partial charge on any atom is 0.232 e. The molecule has 0 bridgehead atoms. The summed E-state index contributed by atoms with van der Waals surface area (Å²) in [5, 5.41) is 3.39. The van der Waals surface area contributed by atoms with Crippen LogP contribution in [0.3, 0.4) is 0 Å². The third-order valence-corrected chi connectivity index (χ3v) is 6.45. The predicted octanol–water partition coefficient (Wildman–Crippen LogP) is 4.92. The molecule has 1 fully saturated rings. The van der Waals surface area contributed by atoms with Gasteiger partial charge in [0.25, 0.3) is 0 Å². The van der Waals surface area contributed by atoms with Gasteiger partial charge in [-0.1, -0.05) is 30.3 Å². The quantitative estimate of drug-likeness (QED) is 0.377. The van der Waals surface area contributed by atoms with Crippen LogP contribution < -0.4 is 20.5 Å². The number of rotatable bonds is 8. The van der Waals surface area contributed by atoms with Gasteiger partial charge in [0.15, 0.2) is 0 Å². The molecule has 1 aliphatic rings. The Balaban J connectivity index is 1.54. The first-order chi connectivity index (χ1) is 17.2. The fourth-order valence-electron chi connectivity index (χ4n) is 4.39. The van der Waals surface area contributed by atoms with Crippen LogP contribution in [0.25, 0.3) is 33.6 Å². The number of hydrogen-bond donors (Lipinski definition) is 2. The Morgan fingerprint density at radius 1 is 1.00 bits per heavy atom. The van der Waals surface area contributed by atoms with Crippen molar-refractivity contribution in [1.29, 1.82) is 0 Å². The molecule has 2 aromatic heterocycles. The molecule has 0 radical (unpaired) electrons. The Hall–Kier alpha value is -3.68. The minimum atomic E-state index is 0.492. The van der Waals surface area contributed by atoms with Crippen LogP contribution in [0.4, 0.5) is 0 Å². The van der Waals surface area contributed by atoms with E-state index < -0.39 is 0 Å². The summed E-state index contributed by atoms with van der Waals surface area (Å²) < 4.78 is 17.2. The summed E-state index contributed by atoms with van der Waals surface area (Å²) in [5.74, 6) is 1.74. The van der Waals surface area contributed by atoms with Crippen molar-refractivity contribution >= 4 is 0 Å². The van der Waals surface area contributed by atoms with E-state index in [9.17, 15) is 0 Å². The molecule has 0 saturated carbocycles. The van der Waals surface area contributed by atoms with Crippen molar-refractivity contribution in [2.24, 2.45) is 11.7 Å². The number of nitrogens with zero attached hydrogens (tertiary/aromatic N) is 2. The topological polar surface area (TPSA) is 95.4 Å². The van der Waals surface area contributed by atoms with E-state index in [4.69, 9.17) is 29.6 Å². The minimum Gasteiger partial charge on any atom is -0.496 e. The molecule has 0 aliphatic carbocycles. The molecule has 0 amide bonds. The number of nitrogens with two attached hydrogens (primary N) is 1. The summed E-state index contributed by atoms with van der Waals surface area (Å²) in [6.07, 6.45) is 7.30. The highest BCUT2D eigenvalue weighted by molar-refractivity contribution is 5.83. The summed E-state index contributed by atoms with van der Waals surface area (Å²) in [4.78, 5) is 9.71. The fraction of sp³-hybridized carbons (Fsp3) is 0.286. The van der Waals surface area contributed by atoms with Gasteiger partial charge in [-0.2, -0.15) is 0 Å². The largest absolute Gasteiger partial charge is 0.496 e. The highest BCUT2D eigenvalue weighted by Crippen LogP contribution is 2.38. The molecule has 0 spiro atoms. The molecular weight excluding hydrogens is 440 g/mol. The summed E-state index contributed by atoms with van der Waals surface area (Å²) in [6.45, 7) is 3.19. The predicted molar refractivity (Wildman–Crippen MR) is 136 cm³/mol. The molecule has 0 unspecified atom stereocenters. The average Bonchev–Trinajstić information content (AvgIpc) is 3.47. The van der Waals surface area contributed by atoms with E-state index in [2.05, 4.69) is 5.32 Å². The van der Waals surface area contributed by atoms with Gasteiger partial charge in [-0.25, -0.2) is 9.97 Å². The smallest absolute Gasteiger partial charge is 0.232 e. The second-order valence-electron chi connectivity index (χ2n) is 8.74. The van der Waals surface area contributed by atoms with E-state index in [0.29, 0.717) is 36.4 Å². The molecule has 3 N–H and O–H groups in total. The van der Waals surface area contributed by atoms with Crippen LogP contribution in [0.5, 0.6) is 11.6 Å². The van der Waals surface area contributed by atoms with Crippen LogP contribution in [-0.2, 0) is 6.54 Å². The van der Waals surface area contributed by atoms with E-state index in [0.717, 1.165) is 59.4 Å². The molecule has 4 aromatic rings. The lowest BCUT2D eigenvalue weighted by Crippen LogP contribution is -2.30. The van der Waals surface area contributed by atoms with Gasteiger partial charge in [-0.3, -0.25) is 0 Å². The van der Waals surface area contributed by atoms with Crippen molar-refractivity contribution in [3.05, 3.63) is 72.8 Å². The Labute approximate surface area is 205 Å². The van der Waals surface area contributed by atoms with Crippen LogP contribution in [-0.4, -0.2) is 36.8 Å². The van der Waals surface area contributed by atoms with Crippen LogP contribution in [0.15, 0.2) is 71.7 Å². The molecule has 3 heterocycles. The number of hydrogen-bond acceptors (Lipinski definition) is 7. The van der Waals surface area contributed by atoms with Crippen molar-refractivity contribution in [1.82, 2.24) is 15.3 Å². The molecule has 1 aliphatic heterocycles. The number of piperidine rings is 1. The second kappa shape index (κ2) is 10.7. The van der Waals surface area contributed by atoms with Gasteiger partial charge >= 0.3 is 0 Å². The maximum absolute atomic E-state index is 6.12. The average molecular weight is 471 g/mol. The Morgan fingerprint density at radius 2 is 1.80 bits per heavy atom. The summed E-state index contributed by atoms with van der Waals surface area (Å²) in [7, 11) is 1.67. The van der Waals surface area contributed by atoms with Crippen molar-refractivity contribution < 1.29 is 13.9 Å². The van der Waals surface area contributed by atoms with Gasteiger partial charge in [0.2, 0.25) is 5.88 Å². The highest BCUT2D eigenvalue weighted by atomic mass is 16.5. The third kappa shape index (κ3) is 5.21. The van der Waals surface area contributed by atoms with E-state index in [1.807, 2.05) is 48.5 Å². The van der Waals surface area contributed by atoms with Gasteiger partial charge in [-0.05, 0) is 61.2 Å². The normalized spacial score (nSPS) is 14.1. The van der Waals surface area contributed by atoms with E-state index in [1.54, 1.807) is 25.8 Å². The van der Waals surface area contributed by atoms with Crippen LogP contribution >= 0.6 is 0 Å². The van der Waals surface area contributed by atoms with Crippen molar-refractivity contribution in [3.63, 3.8) is 0 Å². The van der Waals surface area contributed by atoms with Gasteiger partial charge in [0.1, 0.15) is 11.4 Å². The standard InChI is InChI=1S/C28H30N4O3/c1-33-25-14-22(23-10-13-34-18-23)6-7-24(25)28-27(21-4-2-19(15-29)3-5-21)31-16-26(32-28)35-17-20-8-11-30-12-9-20/h2-7,10,13-14,16,18,20,30H,8-9,11-12,15,17,29H2,1H3. The van der Waals surface area contributed by atoms with Crippen molar-refractivity contribution in [2.45, 2.75) is 19.4 Å². The lowest BCUT2D eigenvalue weighted by molar-refractivity contribution is 0.208. The summed E-state index contributed by atoms with van der Waals surface area (Å²) in [5.41, 5.74) is 12.1. The first kappa shape index (κ1) is 23.1. The van der Waals surface area contributed by atoms with Crippen LogP contribution in [0.2, 0.25) is 0 Å². The highest BCUT2D eigenvalue weighted by Gasteiger charge is 2.19. The first-order valence-corrected chi connectivity index (χ1v) is 12.0. The number of aromatic nitrogens is 2. The monoisotopic (exact) mass is 470 g/mol. The zero-order valence-corrected chi connectivity index (χ0v) is 19.9. The molecule has 2 aromatic carbocycles. The summed E-state index contributed by atoms with van der Waals surface area (Å²) in [6, 6.07) is 16.0. The Kier molecular flexibility index (Phi) is 7.07. The van der Waals surface area contributed by atoms with Gasteiger partial charge in [0, 0.05) is 23.2 Å². The fourth-order valence-corrected chi connectivity index (χ4v) is 4.39. The van der Waals surface area contributed by atoms with Crippen LogP contribution in [0.1, 0.15) is 18.4 Å². The molecule has 5 rings (SSSR count). The minimum absolute atomic E-state index is 0.492.